The predicted molar refractivity (Wildman–Crippen MR) is 77.3 cm³/mol. The molecule has 2 rings (SSSR count). The molecule has 1 aromatic rings. The largest absolute Gasteiger partial charge is 0.497 e. The van der Waals surface area contributed by atoms with Gasteiger partial charge in [-0.1, -0.05) is 6.07 Å². The molecule has 1 atom stereocenters. The second-order valence-corrected chi connectivity index (χ2v) is 5.26. The maximum atomic E-state index is 6.08. The van der Waals surface area contributed by atoms with Crippen molar-refractivity contribution in [1.82, 2.24) is 4.90 Å². The summed E-state index contributed by atoms with van der Waals surface area (Å²) in [5, 5.41) is 0. The van der Waals surface area contributed by atoms with E-state index < -0.39 is 0 Å². The Labute approximate surface area is 115 Å². The smallest absolute Gasteiger partial charge is 0.120 e. The number of anilines is 1. The van der Waals surface area contributed by atoms with E-state index >= 15 is 0 Å². The molecule has 4 nitrogen and oxygen atoms in total. The second-order valence-electron chi connectivity index (χ2n) is 5.26. The molecule has 0 aliphatic carbocycles. The van der Waals surface area contributed by atoms with Gasteiger partial charge in [0.1, 0.15) is 5.75 Å². The van der Waals surface area contributed by atoms with Crippen LogP contribution >= 0.6 is 0 Å². The summed E-state index contributed by atoms with van der Waals surface area (Å²) in [5.41, 5.74) is 8.07. The first kappa shape index (κ1) is 14.2. The van der Waals surface area contributed by atoms with Gasteiger partial charge in [-0.2, -0.15) is 0 Å². The number of nitrogens with two attached hydrogens (primary N) is 1. The zero-order valence-corrected chi connectivity index (χ0v) is 11.9. The molecule has 106 valence electrons. The lowest BCUT2D eigenvalue weighted by Gasteiger charge is -2.32. The maximum Gasteiger partial charge on any atom is 0.120 e. The fraction of sp³-hybridized carbons (Fsp3) is 0.600. The summed E-state index contributed by atoms with van der Waals surface area (Å²) in [4.78, 5) is 2.46. The van der Waals surface area contributed by atoms with E-state index in [0.717, 1.165) is 37.7 Å². The zero-order chi connectivity index (χ0) is 13.7. The fourth-order valence-electron chi connectivity index (χ4n) is 2.75. The highest BCUT2D eigenvalue weighted by molar-refractivity contribution is 5.51. The minimum absolute atomic E-state index is 0.651. The molecule has 0 saturated carbocycles. The van der Waals surface area contributed by atoms with Gasteiger partial charge in [0.15, 0.2) is 0 Å². The quantitative estimate of drug-likeness (QED) is 0.828. The Bertz CT molecular complexity index is 407. The van der Waals surface area contributed by atoms with Gasteiger partial charge in [-0.15, -0.1) is 0 Å². The van der Waals surface area contributed by atoms with E-state index in [0.29, 0.717) is 5.92 Å². The van der Waals surface area contributed by atoms with Crippen molar-refractivity contribution >= 4 is 5.69 Å². The maximum absolute atomic E-state index is 6.08. The van der Waals surface area contributed by atoms with Crippen LogP contribution in [0, 0.1) is 5.92 Å². The molecule has 0 amide bonds. The molecule has 1 saturated heterocycles. The predicted octanol–water partition coefficient (Wildman–Crippen LogP) is 2.14. The average molecular weight is 264 g/mol. The van der Waals surface area contributed by atoms with E-state index in [1.807, 2.05) is 12.1 Å². The van der Waals surface area contributed by atoms with Crippen molar-refractivity contribution in [2.75, 3.05) is 39.6 Å². The molecule has 1 aromatic carbocycles. The topological polar surface area (TPSA) is 47.7 Å². The van der Waals surface area contributed by atoms with Crippen LogP contribution in [-0.2, 0) is 11.3 Å². The molecular formula is C15H24N2O2. The average Bonchev–Trinajstić information content (AvgIpc) is 2.42. The van der Waals surface area contributed by atoms with Gasteiger partial charge in [-0.05, 0) is 36.9 Å². The van der Waals surface area contributed by atoms with Crippen LogP contribution in [0.15, 0.2) is 18.2 Å². The van der Waals surface area contributed by atoms with Gasteiger partial charge in [-0.25, -0.2) is 0 Å². The zero-order valence-electron chi connectivity index (χ0n) is 11.9. The van der Waals surface area contributed by atoms with Gasteiger partial charge in [0.25, 0.3) is 0 Å². The molecule has 1 heterocycles. The number of hydrogen-bond donors (Lipinski definition) is 1. The Kier molecular flexibility index (Phi) is 5.05. The minimum Gasteiger partial charge on any atom is -0.497 e. The third-order valence-corrected chi connectivity index (χ3v) is 3.75. The summed E-state index contributed by atoms with van der Waals surface area (Å²) in [6.45, 7) is 4.01. The summed E-state index contributed by atoms with van der Waals surface area (Å²) in [7, 11) is 3.44. The summed E-state index contributed by atoms with van der Waals surface area (Å²) < 4.78 is 10.4. The van der Waals surface area contributed by atoms with E-state index in [9.17, 15) is 0 Å². The van der Waals surface area contributed by atoms with E-state index in [2.05, 4.69) is 11.0 Å². The van der Waals surface area contributed by atoms with E-state index in [1.165, 1.54) is 18.4 Å². The third kappa shape index (κ3) is 3.85. The summed E-state index contributed by atoms with van der Waals surface area (Å²) in [6.07, 6.45) is 2.51. The SMILES string of the molecule is COCC1CCCN(Cc2ccc(OC)cc2N)C1. The molecular weight excluding hydrogens is 240 g/mol. The van der Waals surface area contributed by atoms with E-state index in [1.54, 1.807) is 14.2 Å². The fourth-order valence-corrected chi connectivity index (χ4v) is 2.75. The van der Waals surface area contributed by atoms with Gasteiger partial charge in [0, 0.05) is 32.0 Å². The summed E-state index contributed by atoms with van der Waals surface area (Å²) in [6, 6.07) is 5.93. The molecule has 0 radical (unpaired) electrons. The van der Waals surface area contributed by atoms with Crippen LogP contribution in [-0.4, -0.2) is 38.8 Å². The Morgan fingerprint density at radius 2 is 2.21 bits per heavy atom. The van der Waals surface area contributed by atoms with Crippen molar-refractivity contribution < 1.29 is 9.47 Å². The van der Waals surface area contributed by atoms with Gasteiger partial charge >= 0.3 is 0 Å². The van der Waals surface area contributed by atoms with Crippen LogP contribution < -0.4 is 10.5 Å². The number of nitrogen functional groups attached to an aromatic ring is 1. The number of ether oxygens (including phenoxy) is 2. The van der Waals surface area contributed by atoms with Crippen molar-refractivity contribution in [2.24, 2.45) is 5.92 Å². The molecule has 2 N–H and O–H groups in total. The van der Waals surface area contributed by atoms with Crippen LogP contribution in [0.1, 0.15) is 18.4 Å². The molecule has 1 unspecified atom stereocenters. The van der Waals surface area contributed by atoms with Crippen molar-refractivity contribution in [3.05, 3.63) is 23.8 Å². The van der Waals surface area contributed by atoms with E-state index in [-0.39, 0.29) is 0 Å². The van der Waals surface area contributed by atoms with Crippen molar-refractivity contribution in [2.45, 2.75) is 19.4 Å². The molecule has 0 bridgehead atoms. The van der Waals surface area contributed by atoms with Crippen molar-refractivity contribution in [3.8, 4) is 5.75 Å². The molecule has 1 aliphatic heterocycles. The number of nitrogens with zero attached hydrogens (tertiary/aromatic N) is 1. The van der Waals surface area contributed by atoms with Crippen molar-refractivity contribution in [3.63, 3.8) is 0 Å². The lowest BCUT2D eigenvalue weighted by Crippen LogP contribution is -2.36. The molecule has 4 heteroatoms. The first-order valence-electron chi connectivity index (χ1n) is 6.86. The van der Waals surface area contributed by atoms with Gasteiger partial charge < -0.3 is 15.2 Å². The van der Waals surface area contributed by atoms with Crippen LogP contribution in [0.3, 0.4) is 0 Å². The lowest BCUT2D eigenvalue weighted by atomic mass is 9.98. The highest BCUT2D eigenvalue weighted by Gasteiger charge is 2.20. The Morgan fingerprint density at radius 1 is 1.37 bits per heavy atom. The second kappa shape index (κ2) is 6.78. The lowest BCUT2D eigenvalue weighted by molar-refractivity contribution is 0.0874. The first-order valence-corrected chi connectivity index (χ1v) is 6.86. The third-order valence-electron chi connectivity index (χ3n) is 3.75. The highest BCUT2D eigenvalue weighted by atomic mass is 16.5. The molecule has 1 aliphatic rings. The van der Waals surface area contributed by atoms with E-state index in [4.69, 9.17) is 15.2 Å². The number of piperidine rings is 1. The Morgan fingerprint density at radius 3 is 2.89 bits per heavy atom. The van der Waals surface area contributed by atoms with Crippen LogP contribution in [0.5, 0.6) is 5.75 Å². The van der Waals surface area contributed by atoms with Gasteiger partial charge in [0.2, 0.25) is 0 Å². The minimum atomic E-state index is 0.651. The number of hydrogen-bond acceptors (Lipinski definition) is 4. The molecule has 1 fully saturated rings. The van der Waals surface area contributed by atoms with Crippen LogP contribution in [0.4, 0.5) is 5.69 Å². The molecule has 0 spiro atoms. The van der Waals surface area contributed by atoms with Crippen LogP contribution in [0.25, 0.3) is 0 Å². The number of benzene rings is 1. The molecule has 0 aromatic heterocycles. The molecule has 19 heavy (non-hydrogen) atoms. The number of methoxy groups -OCH3 is 2. The summed E-state index contributed by atoms with van der Waals surface area (Å²) >= 11 is 0. The Hall–Kier alpha value is -1.26. The first-order chi connectivity index (χ1) is 9.22. The standard InChI is InChI=1S/C15H24N2O2/c1-18-11-12-4-3-7-17(9-12)10-13-5-6-14(19-2)8-15(13)16/h5-6,8,12H,3-4,7,9-11,16H2,1-2H3. The monoisotopic (exact) mass is 264 g/mol. The van der Waals surface area contributed by atoms with Gasteiger partial charge in [0.05, 0.1) is 13.7 Å². The van der Waals surface area contributed by atoms with Crippen molar-refractivity contribution in [1.29, 1.82) is 0 Å². The summed E-state index contributed by atoms with van der Waals surface area (Å²) in [5.74, 6) is 1.47. The Balaban J connectivity index is 1.96. The number of likely N-dealkylation sites (tertiary alicyclic amines) is 1. The van der Waals surface area contributed by atoms with Crippen LogP contribution in [0.2, 0.25) is 0 Å². The number of rotatable bonds is 5. The van der Waals surface area contributed by atoms with Gasteiger partial charge in [-0.3, -0.25) is 4.90 Å². The highest BCUT2D eigenvalue weighted by Crippen LogP contribution is 2.24. The normalized spacial score (nSPS) is 20.4.